The molecule has 2 aromatic rings. The van der Waals surface area contributed by atoms with Crippen LogP contribution in [0.25, 0.3) is 0 Å². The van der Waals surface area contributed by atoms with E-state index in [1.54, 1.807) is 12.1 Å². The maximum absolute atomic E-state index is 11.0. The largest absolute Gasteiger partial charge is 0.366 e. The maximum atomic E-state index is 11.0. The van der Waals surface area contributed by atoms with Gasteiger partial charge in [0.1, 0.15) is 11.1 Å². The number of aromatic nitrogens is 1. The van der Waals surface area contributed by atoms with Crippen molar-refractivity contribution >= 4 is 17.7 Å². The van der Waals surface area contributed by atoms with Crippen LogP contribution in [0.2, 0.25) is 0 Å². The molecule has 1 heterocycles. The predicted molar refractivity (Wildman–Crippen MR) is 82.9 cm³/mol. The minimum atomic E-state index is -0.433. The molecular weight excluding hydrogens is 282 g/mol. The summed E-state index contributed by atoms with van der Waals surface area (Å²) < 4.78 is 0. The summed E-state index contributed by atoms with van der Waals surface area (Å²) in [5, 5.41) is 9.97. The summed E-state index contributed by atoms with van der Waals surface area (Å²) in [5.41, 5.74) is 9.22. The molecule has 106 valence electrons. The number of aryl methyl sites for hydroxylation is 2. The van der Waals surface area contributed by atoms with E-state index in [4.69, 9.17) is 5.73 Å². The summed E-state index contributed by atoms with van der Waals surface area (Å²) in [6, 6.07) is 11.3. The highest BCUT2D eigenvalue weighted by molar-refractivity contribution is 7.98. The van der Waals surface area contributed by atoms with Gasteiger partial charge >= 0.3 is 0 Å². The minimum Gasteiger partial charge on any atom is -0.366 e. The Hall–Kier alpha value is -2.32. The zero-order valence-electron chi connectivity index (χ0n) is 11.9. The van der Waals surface area contributed by atoms with Crippen molar-refractivity contribution in [2.24, 2.45) is 5.73 Å². The van der Waals surface area contributed by atoms with Gasteiger partial charge < -0.3 is 5.73 Å². The second kappa shape index (κ2) is 6.42. The standard InChI is InChI=1S/C16H15N3OS/c1-10-7-11(2)19-16(14(10)8-17)21-9-12-3-5-13(6-4-12)15(18)20/h3-7H,9H2,1-2H3,(H2,18,20). The summed E-state index contributed by atoms with van der Waals surface area (Å²) >= 11 is 1.52. The molecule has 2 rings (SSSR count). The number of nitrogens with zero attached hydrogens (tertiary/aromatic N) is 2. The minimum absolute atomic E-state index is 0.433. The lowest BCUT2D eigenvalue weighted by molar-refractivity contribution is 0.100. The van der Waals surface area contributed by atoms with E-state index < -0.39 is 5.91 Å². The summed E-state index contributed by atoms with van der Waals surface area (Å²) in [6.07, 6.45) is 0. The Balaban J connectivity index is 2.17. The monoisotopic (exact) mass is 297 g/mol. The van der Waals surface area contributed by atoms with Crippen molar-refractivity contribution in [1.82, 2.24) is 4.98 Å². The first-order chi connectivity index (χ1) is 10.0. The molecule has 5 heteroatoms. The van der Waals surface area contributed by atoms with E-state index in [2.05, 4.69) is 11.1 Å². The van der Waals surface area contributed by atoms with E-state index in [-0.39, 0.29) is 0 Å². The molecule has 2 N–H and O–H groups in total. The third-order valence-electron chi connectivity index (χ3n) is 3.04. The molecule has 0 radical (unpaired) electrons. The second-order valence-electron chi connectivity index (χ2n) is 4.72. The average molecular weight is 297 g/mol. The fourth-order valence-electron chi connectivity index (χ4n) is 1.96. The Labute approximate surface area is 128 Å². The van der Waals surface area contributed by atoms with Gasteiger partial charge in [-0.25, -0.2) is 4.98 Å². The van der Waals surface area contributed by atoms with Crippen molar-refractivity contribution < 1.29 is 4.79 Å². The van der Waals surface area contributed by atoms with Gasteiger partial charge in [0.25, 0.3) is 0 Å². The Bertz CT molecular complexity index is 718. The Kier molecular flexibility index (Phi) is 4.61. The molecule has 0 spiro atoms. The van der Waals surface area contributed by atoms with E-state index in [0.717, 1.165) is 21.8 Å². The first-order valence-electron chi connectivity index (χ1n) is 6.41. The molecule has 0 aliphatic carbocycles. The molecule has 1 aromatic heterocycles. The number of pyridine rings is 1. The van der Waals surface area contributed by atoms with Gasteiger partial charge in [-0.2, -0.15) is 5.26 Å². The third kappa shape index (κ3) is 3.61. The number of carbonyl (C=O) groups excluding carboxylic acids is 1. The van der Waals surface area contributed by atoms with Crippen LogP contribution >= 0.6 is 11.8 Å². The fourth-order valence-corrected chi connectivity index (χ4v) is 3.02. The van der Waals surface area contributed by atoms with Crippen LogP contribution in [-0.2, 0) is 5.75 Å². The molecule has 0 saturated heterocycles. The van der Waals surface area contributed by atoms with Crippen LogP contribution < -0.4 is 5.73 Å². The summed E-state index contributed by atoms with van der Waals surface area (Å²) in [5.74, 6) is 0.251. The van der Waals surface area contributed by atoms with Crippen LogP contribution in [-0.4, -0.2) is 10.9 Å². The second-order valence-corrected chi connectivity index (χ2v) is 5.69. The number of benzene rings is 1. The van der Waals surface area contributed by atoms with Crippen molar-refractivity contribution in [2.45, 2.75) is 24.6 Å². The van der Waals surface area contributed by atoms with Gasteiger partial charge in [-0.15, -0.1) is 11.8 Å². The molecule has 1 aromatic carbocycles. The number of thioether (sulfide) groups is 1. The van der Waals surface area contributed by atoms with Crippen LogP contribution in [0, 0.1) is 25.2 Å². The zero-order valence-corrected chi connectivity index (χ0v) is 12.7. The van der Waals surface area contributed by atoms with E-state index >= 15 is 0 Å². The highest BCUT2D eigenvalue weighted by Crippen LogP contribution is 2.26. The SMILES string of the molecule is Cc1cc(C)c(C#N)c(SCc2ccc(C(N)=O)cc2)n1. The number of hydrogen-bond acceptors (Lipinski definition) is 4. The van der Waals surface area contributed by atoms with Gasteiger partial charge in [0.2, 0.25) is 5.91 Å². The molecular formula is C16H15N3OS. The molecule has 0 aliphatic heterocycles. The van der Waals surface area contributed by atoms with E-state index in [1.807, 2.05) is 32.0 Å². The molecule has 1 amide bonds. The lowest BCUT2D eigenvalue weighted by Gasteiger charge is -2.07. The van der Waals surface area contributed by atoms with E-state index in [1.165, 1.54) is 11.8 Å². The number of hydrogen-bond donors (Lipinski definition) is 1. The van der Waals surface area contributed by atoms with Crippen molar-refractivity contribution in [3.05, 3.63) is 58.3 Å². The molecule has 0 bridgehead atoms. The number of primary amides is 1. The van der Waals surface area contributed by atoms with Crippen molar-refractivity contribution in [3.63, 3.8) is 0 Å². The average Bonchev–Trinajstić information content (AvgIpc) is 2.45. The number of carbonyl (C=O) groups is 1. The highest BCUT2D eigenvalue weighted by Gasteiger charge is 2.09. The third-order valence-corrected chi connectivity index (χ3v) is 4.08. The normalized spacial score (nSPS) is 10.1. The molecule has 0 atom stereocenters. The van der Waals surface area contributed by atoms with Crippen molar-refractivity contribution in [1.29, 1.82) is 5.26 Å². The van der Waals surface area contributed by atoms with Gasteiger partial charge in [0, 0.05) is 17.0 Å². The summed E-state index contributed by atoms with van der Waals surface area (Å²) in [4.78, 5) is 15.5. The van der Waals surface area contributed by atoms with Crippen LogP contribution in [0.5, 0.6) is 0 Å². The lowest BCUT2D eigenvalue weighted by atomic mass is 10.1. The Morgan fingerprint density at radius 1 is 1.33 bits per heavy atom. The van der Waals surface area contributed by atoms with Gasteiger partial charge in [0.15, 0.2) is 0 Å². The first-order valence-corrected chi connectivity index (χ1v) is 7.39. The van der Waals surface area contributed by atoms with Crippen LogP contribution in [0.15, 0.2) is 35.4 Å². The summed E-state index contributed by atoms with van der Waals surface area (Å²) in [6.45, 7) is 3.83. The van der Waals surface area contributed by atoms with Crippen molar-refractivity contribution in [2.75, 3.05) is 0 Å². The number of nitrogens with two attached hydrogens (primary N) is 1. The number of rotatable bonds is 4. The van der Waals surface area contributed by atoms with E-state index in [9.17, 15) is 10.1 Å². The van der Waals surface area contributed by atoms with Gasteiger partial charge in [-0.1, -0.05) is 12.1 Å². The van der Waals surface area contributed by atoms with Crippen molar-refractivity contribution in [3.8, 4) is 6.07 Å². The van der Waals surface area contributed by atoms with E-state index in [0.29, 0.717) is 16.9 Å². The first kappa shape index (κ1) is 15.1. The zero-order chi connectivity index (χ0) is 15.4. The van der Waals surface area contributed by atoms with Crippen LogP contribution in [0.4, 0.5) is 0 Å². The quantitative estimate of drug-likeness (QED) is 0.880. The number of amides is 1. The smallest absolute Gasteiger partial charge is 0.248 e. The number of nitriles is 1. The molecule has 0 unspecified atom stereocenters. The fraction of sp³-hybridized carbons (Fsp3) is 0.188. The Morgan fingerprint density at radius 3 is 2.57 bits per heavy atom. The molecule has 0 saturated carbocycles. The topological polar surface area (TPSA) is 79.8 Å². The maximum Gasteiger partial charge on any atom is 0.248 e. The van der Waals surface area contributed by atoms with Gasteiger partial charge in [0.05, 0.1) is 5.56 Å². The highest BCUT2D eigenvalue weighted by atomic mass is 32.2. The summed E-state index contributed by atoms with van der Waals surface area (Å²) in [7, 11) is 0. The Morgan fingerprint density at radius 2 is 2.00 bits per heavy atom. The molecule has 4 nitrogen and oxygen atoms in total. The predicted octanol–water partition coefficient (Wildman–Crippen LogP) is 2.96. The van der Waals surface area contributed by atoms with Crippen LogP contribution in [0.1, 0.15) is 32.7 Å². The lowest BCUT2D eigenvalue weighted by Crippen LogP contribution is -2.10. The van der Waals surface area contributed by atoms with Gasteiger partial charge in [-0.05, 0) is 43.2 Å². The van der Waals surface area contributed by atoms with Crippen LogP contribution in [0.3, 0.4) is 0 Å². The van der Waals surface area contributed by atoms with Gasteiger partial charge in [-0.3, -0.25) is 4.79 Å². The molecule has 0 fully saturated rings. The molecule has 21 heavy (non-hydrogen) atoms. The molecule has 0 aliphatic rings.